The maximum Gasteiger partial charge on any atom is 0.227 e. The smallest absolute Gasteiger partial charge is 0.227 e. The lowest BCUT2D eigenvalue weighted by Gasteiger charge is -2.25. The van der Waals surface area contributed by atoms with Crippen LogP contribution in [0.2, 0.25) is 0 Å². The van der Waals surface area contributed by atoms with Gasteiger partial charge in [-0.3, -0.25) is 9.59 Å². The van der Waals surface area contributed by atoms with E-state index in [1.807, 2.05) is 63.2 Å². The van der Waals surface area contributed by atoms with Crippen LogP contribution < -0.4 is 15.4 Å². The maximum atomic E-state index is 12.6. The SMILES string of the molecule is Cc1ccccc1CNC(=O)C1COc2ccc(NC(=O)C(C)C)cc2C1. The molecule has 3 rings (SSSR count). The highest BCUT2D eigenvalue weighted by Crippen LogP contribution is 2.30. The van der Waals surface area contributed by atoms with Crippen molar-refractivity contribution in [2.75, 3.05) is 11.9 Å². The van der Waals surface area contributed by atoms with E-state index in [1.54, 1.807) is 0 Å². The van der Waals surface area contributed by atoms with Crippen LogP contribution in [0.15, 0.2) is 42.5 Å². The quantitative estimate of drug-likeness (QED) is 0.852. The van der Waals surface area contributed by atoms with Gasteiger partial charge in [-0.25, -0.2) is 0 Å². The summed E-state index contributed by atoms with van der Waals surface area (Å²) >= 11 is 0. The molecular weight excluding hydrogens is 340 g/mol. The van der Waals surface area contributed by atoms with Crippen molar-refractivity contribution in [2.45, 2.75) is 33.7 Å². The van der Waals surface area contributed by atoms with E-state index in [4.69, 9.17) is 4.74 Å². The van der Waals surface area contributed by atoms with Crippen LogP contribution in [0.1, 0.15) is 30.5 Å². The van der Waals surface area contributed by atoms with E-state index >= 15 is 0 Å². The van der Waals surface area contributed by atoms with E-state index < -0.39 is 0 Å². The zero-order chi connectivity index (χ0) is 19.4. The number of rotatable bonds is 5. The van der Waals surface area contributed by atoms with Gasteiger partial charge in [-0.2, -0.15) is 0 Å². The molecule has 1 atom stereocenters. The molecule has 0 saturated carbocycles. The van der Waals surface area contributed by atoms with Gasteiger partial charge in [-0.15, -0.1) is 0 Å². The number of anilines is 1. The largest absolute Gasteiger partial charge is 0.492 e. The normalized spacial score (nSPS) is 15.6. The number of benzene rings is 2. The number of aryl methyl sites for hydroxylation is 1. The summed E-state index contributed by atoms with van der Waals surface area (Å²) in [6.07, 6.45) is 0.598. The summed E-state index contributed by atoms with van der Waals surface area (Å²) in [7, 11) is 0. The third-order valence-corrected chi connectivity index (χ3v) is 4.84. The first-order chi connectivity index (χ1) is 12.9. The van der Waals surface area contributed by atoms with Gasteiger partial charge in [0.15, 0.2) is 0 Å². The summed E-state index contributed by atoms with van der Waals surface area (Å²) in [6.45, 7) is 6.62. The van der Waals surface area contributed by atoms with Gasteiger partial charge in [0, 0.05) is 18.2 Å². The summed E-state index contributed by atoms with van der Waals surface area (Å²) in [4.78, 5) is 24.5. The molecule has 2 amide bonds. The molecule has 5 nitrogen and oxygen atoms in total. The lowest BCUT2D eigenvalue weighted by atomic mass is 9.95. The first kappa shape index (κ1) is 19.0. The molecule has 2 aromatic carbocycles. The van der Waals surface area contributed by atoms with Crippen LogP contribution in [-0.4, -0.2) is 18.4 Å². The molecule has 0 saturated heterocycles. The number of hydrogen-bond acceptors (Lipinski definition) is 3. The van der Waals surface area contributed by atoms with Gasteiger partial charge in [0.25, 0.3) is 0 Å². The Bertz CT molecular complexity index is 845. The Morgan fingerprint density at radius 2 is 1.96 bits per heavy atom. The fourth-order valence-corrected chi connectivity index (χ4v) is 3.06. The average Bonchev–Trinajstić information content (AvgIpc) is 2.66. The van der Waals surface area contributed by atoms with E-state index in [0.717, 1.165) is 28.1 Å². The van der Waals surface area contributed by atoms with Crippen molar-refractivity contribution in [1.29, 1.82) is 0 Å². The van der Waals surface area contributed by atoms with Gasteiger partial charge < -0.3 is 15.4 Å². The van der Waals surface area contributed by atoms with Crippen molar-refractivity contribution in [1.82, 2.24) is 5.32 Å². The Balaban J connectivity index is 1.63. The zero-order valence-electron chi connectivity index (χ0n) is 16.0. The van der Waals surface area contributed by atoms with Crippen LogP contribution in [0.5, 0.6) is 5.75 Å². The van der Waals surface area contributed by atoms with Crippen LogP contribution in [0, 0.1) is 18.8 Å². The molecule has 2 N–H and O–H groups in total. The Labute approximate surface area is 160 Å². The van der Waals surface area contributed by atoms with Gasteiger partial charge in [0.05, 0.1) is 5.92 Å². The number of carbonyl (C=O) groups excluding carboxylic acids is 2. The van der Waals surface area contributed by atoms with E-state index in [0.29, 0.717) is 19.6 Å². The molecule has 2 aromatic rings. The maximum absolute atomic E-state index is 12.6. The number of fused-ring (bicyclic) bond motifs is 1. The number of nitrogens with one attached hydrogen (secondary N) is 2. The van der Waals surface area contributed by atoms with Crippen molar-refractivity contribution < 1.29 is 14.3 Å². The second kappa shape index (κ2) is 8.25. The summed E-state index contributed by atoms with van der Waals surface area (Å²) < 4.78 is 5.77. The molecule has 0 spiro atoms. The molecule has 0 bridgehead atoms. The van der Waals surface area contributed by atoms with Crippen LogP contribution in [0.25, 0.3) is 0 Å². The second-order valence-electron chi connectivity index (χ2n) is 7.32. The minimum atomic E-state index is -0.238. The Morgan fingerprint density at radius 1 is 1.19 bits per heavy atom. The highest BCUT2D eigenvalue weighted by Gasteiger charge is 2.26. The molecule has 27 heavy (non-hydrogen) atoms. The summed E-state index contributed by atoms with van der Waals surface area (Å²) in [5.41, 5.74) is 3.95. The predicted molar refractivity (Wildman–Crippen MR) is 106 cm³/mol. The second-order valence-corrected chi connectivity index (χ2v) is 7.32. The molecule has 0 radical (unpaired) electrons. The van der Waals surface area contributed by atoms with Crippen LogP contribution in [0.3, 0.4) is 0 Å². The van der Waals surface area contributed by atoms with Gasteiger partial charge >= 0.3 is 0 Å². The van der Waals surface area contributed by atoms with E-state index in [1.165, 1.54) is 0 Å². The fraction of sp³-hybridized carbons (Fsp3) is 0.364. The predicted octanol–water partition coefficient (Wildman–Crippen LogP) is 3.46. The zero-order valence-corrected chi connectivity index (χ0v) is 16.0. The van der Waals surface area contributed by atoms with Gasteiger partial charge in [-0.05, 0) is 48.2 Å². The summed E-state index contributed by atoms with van der Waals surface area (Å²) in [5.74, 6) is 0.412. The lowest BCUT2D eigenvalue weighted by molar-refractivity contribution is -0.126. The molecule has 1 aliphatic heterocycles. The molecule has 1 aliphatic rings. The molecule has 0 aliphatic carbocycles. The summed E-state index contributed by atoms with van der Waals surface area (Å²) in [6, 6.07) is 13.6. The Morgan fingerprint density at radius 3 is 2.70 bits per heavy atom. The van der Waals surface area contributed by atoms with Crippen LogP contribution in [-0.2, 0) is 22.6 Å². The Kier molecular flexibility index (Phi) is 5.79. The lowest BCUT2D eigenvalue weighted by Crippen LogP contribution is -2.37. The van der Waals surface area contributed by atoms with Gasteiger partial charge in [0.2, 0.25) is 11.8 Å². The number of carbonyl (C=O) groups is 2. The first-order valence-corrected chi connectivity index (χ1v) is 9.33. The minimum absolute atomic E-state index is 0.0134. The monoisotopic (exact) mass is 366 g/mol. The van der Waals surface area contributed by atoms with Crippen molar-refractivity contribution >= 4 is 17.5 Å². The molecule has 1 heterocycles. The first-order valence-electron chi connectivity index (χ1n) is 9.33. The number of ether oxygens (including phenoxy) is 1. The minimum Gasteiger partial charge on any atom is -0.492 e. The highest BCUT2D eigenvalue weighted by atomic mass is 16.5. The standard InChI is InChI=1S/C22H26N2O3/c1-14(2)21(25)24-19-8-9-20-17(11-19)10-18(13-27-20)22(26)23-12-16-7-5-4-6-15(16)3/h4-9,11,14,18H,10,12-13H2,1-3H3,(H,23,26)(H,24,25). The van der Waals surface area contributed by atoms with E-state index in [2.05, 4.69) is 10.6 Å². The topological polar surface area (TPSA) is 67.4 Å². The average molecular weight is 366 g/mol. The van der Waals surface area contributed by atoms with Crippen molar-refractivity contribution in [3.05, 3.63) is 59.2 Å². The van der Waals surface area contributed by atoms with E-state index in [9.17, 15) is 9.59 Å². The highest BCUT2D eigenvalue weighted by molar-refractivity contribution is 5.92. The molecule has 0 aromatic heterocycles. The fourth-order valence-electron chi connectivity index (χ4n) is 3.06. The molecule has 1 unspecified atom stereocenters. The van der Waals surface area contributed by atoms with Crippen LogP contribution >= 0.6 is 0 Å². The summed E-state index contributed by atoms with van der Waals surface area (Å²) in [5, 5.41) is 5.91. The van der Waals surface area contributed by atoms with Crippen molar-refractivity contribution in [2.24, 2.45) is 11.8 Å². The molecule has 5 heteroatoms. The molecule has 0 fully saturated rings. The van der Waals surface area contributed by atoms with Gasteiger partial charge in [0.1, 0.15) is 12.4 Å². The third-order valence-electron chi connectivity index (χ3n) is 4.84. The Hall–Kier alpha value is -2.82. The van der Waals surface area contributed by atoms with Crippen LogP contribution in [0.4, 0.5) is 5.69 Å². The number of hydrogen-bond donors (Lipinski definition) is 2. The van der Waals surface area contributed by atoms with Gasteiger partial charge in [-0.1, -0.05) is 38.1 Å². The number of amides is 2. The molecule has 142 valence electrons. The molecular formula is C22H26N2O3. The van der Waals surface area contributed by atoms with Crippen molar-refractivity contribution in [3.8, 4) is 5.75 Å². The third kappa shape index (κ3) is 4.67. The van der Waals surface area contributed by atoms with Crippen molar-refractivity contribution in [3.63, 3.8) is 0 Å². The van der Waals surface area contributed by atoms with E-state index in [-0.39, 0.29) is 23.7 Å².